The van der Waals surface area contributed by atoms with Crippen molar-refractivity contribution < 1.29 is 9.34 Å². The monoisotopic (exact) mass is 193 g/mol. The van der Waals surface area contributed by atoms with Gasteiger partial charge in [-0.3, -0.25) is 10.1 Å². The van der Waals surface area contributed by atoms with Gasteiger partial charge in [0.15, 0.2) is 0 Å². The lowest BCUT2D eigenvalue weighted by atomic mass is 10.4. The molecule has 0 radical (unpaired) electrons. The molecule has 2 rings (SSSR count). The summed E-state index contributed by atoms with van der Waals surface area (Å²) in [6, 6.07) is 2.92. The zero-order chi connectivity index (χ0) is 9.97. The maximum atomic E-state index is 10.3. The average molecular weight is 193 g/mol. The van der Waals surface area contributed by atoms with Gasteiger partial charge in [0.2, 0.25) is 0 Å². The van der Waals surface area contributed by atoms with E-state index in [1.54, 1.807) is 29.4 Å². The smallest absolute Gasteiger partial charge is 0.404 e. The molecule has 0 aliphatic rings. The summed E-state index contributed by atoms with van der Waals surface area (Å²) in [5.74, 6) is 0.301. The molecule has 6 nitrogen and oxygen atoms in total. The Morgan fingerprint density at radius 3 is 3.00 bits per heavy atom. The highest BCUT2D eigenvalue weighted by molar-refractivity contribution is 5.17. The van der Waals surface area contributed by atoms with E-state index in [1.807, 2.05) is 0 Å². The van der Waals surface area contributed by atoms with E-state index in [0.717, 1.165) is 0 Å². The second kappa shape index (κ2) is 3.33. The number of hydrogen-bond donors (Lipinski definition) is 0. The van der Waals surface area contributed by atoms with Crippen LogP contribution in [0.4, 0.5) is 5.88 Å². The van der Waals surface area contributed by atoms with Gasteiger partial charge in [0, 0.05) is 12.4 Å². The lowest BCUT2D eigenvalue weighted by Gasteiger charge is -1.95. The molecule has 14 heavy (non-hydrogen) atoms. The molecule has 0 saturated carbocycles. The Morgan fingerprint density at radius 2 is 2.43 bits per heavy atom. The molecule has 0 fully saturated rings. The van der Waals surface area contributed by atoms with Crippen molar-refractivity contribution in [1.29, 1.82) is 0 Å². The standard InChI is InChI=1S/C8H7N3O3/c12-11(13)8-2-1-7(14-8)5-10-4-3-9-6-10/h1-4,6H,5H2. The molecule has 0 atom stereocenters. The molecule has 2 aromatic rings. The van der Waals surface area contributed by atoms with Crippen molar-refractivity contribution in [2.75, 3.05) is 0 Å². The Balaban J connectivity index is 2.14. The molecule has 0 unspecified atom stereocenters. The normalized spacial score (nSPS) is 10.3. The molecular formula is C8H7N3O3. The van der Waals surface area contributed by atoms with Crippen LogP contribution < -0.4 is 0 Å². The van der Waals surface area contributed by atoms with Crippen molar-refractivity contribution in [2.24, 2.45) is 0 Å². The second-order valence-corrected chi connectivity index (χ2v) is 2.73. The molecule has 6 heteroatoms. The van der Waals surface area contributed by atoms with Crippen LogP contribution in [0, 0.1) is 10.1 Å². The summed E-state index contributed by atoms with van der Waals surface area (Å²) >= 11 is 0. The number of aromatic nitrogens is 2. The Hall–Kier alpha value is -2.11. The van der Waals surface area contributed by atoms with Crippen molar-refractivity contribution in [3.8, 4) is 0 Å². The van der Waals surface area contributed by atoms with Crippen molar-refractivity contribution in [3.05, 3.63) is 46.7 Å². The second-order valence-electron chi connectivity index (χ2n) is 2.73. The van der Waals surface area contributed by atoms with E-state index in [9.17, 15) is 10.1 Å². The van der Waals surface area contributed by atoms with Crippen molar-refractivity contribution >= 4 is 5.88 Å². The molecule has 0 spiro atoms. The SMILES string of the molecule is O=[N+]([O-])c1ccc(Cn2ccnc2)o1. The molecule has 72 valence electrons. The highest BCUT2D eigenvalue weighted by atomic mass is 16.6. The van der Waals surface area contributed by atoms with Crippen LogP contribution in [-0.4, -0.2) is 14.5 Å². The third-order valence-corrected chi connectivity index (χ3v) is 1.73. The highest BCUT2D eigenvalue weighted by Gasteiger charge is 2.11. The molecular weight excluding hydrogens is 186 g/mol. The molecule has 0 saturated heterocycles. The third kappa shape index (κ3) is 1.63. The van der Waals surface area contributed by atoms with Crippen molar-refractivity contribution in [3.63, 3.8) is 0 Å². The summed E-state index contributed by atoms with van der Waals surface area (Å²) in [7, 11) is 0. The van der Waals surface area contributed by atoms with Crippen LogP contribution in [0.3, 0.4) is 0 Å². The first-order valence-electron chi connectivity index (χ1n) is 3.94. The summed E-state index contributed by atoms with van der Waals surface area (Å²) in [6.07, 6.45) is 5.01. The van der Waals surface area contributed by atoms with Crippen LogP contribution in [0.15, 0.2) is 35.3 Å². The van der Waals surface area contributed by atoms with Gasteiger partial charge < -0.3 is 8.98 Å². The van der Waals surface area contributed by atoms with Gasteiger partial charge in [0.1, 0.15) is 10.7 Å². The topological polar surface area (TPSA) is 74.1 Å². The van der Waals surface area contributed by atoms with Gasteiger partial charge in [-0.2, -0.15) is 0 Å². The quantitative estimate of drug-likeness (QED) is 0.545. The number of nitro groups is 1. The van der Waals surface area contributed by atoms with E-state index in [1.165, 1.54) is 6.07 Å². The fourth-order valence-electron chi connectivity index (χ4n) is 1.11. The maximum absolute atomic E-state index is 10.3. The van der Waals surface area contributed by atoms with Crippen LogP contribution in [0.1, 0.15) is 5.76 Å². The van der Waals surface area contributed by atoms with E-state index in [0.29, 0.717) is 12.3 Å². The Kier molecular flexibility index (Phi) is 2.02. The first-order chi connectivity index (χ1) is 6.75. The predicted octanol–water partition coefficient (Wildman–Crippen LogP) is 1.43. The summed E-state index contributed by atoms with van der Waals surface area (Å²) < 4.78 is 6.74. The zero-order valence-electron chi connectivity index (χ0n) is 7.16. The van der Waals surface area contributed by atoms with Crippen molar-refractivity contribution in [1.82, 2.24) is 9.55 Å². The zero-order valence-corrected chi connectivity index (χ0v) is 7.16. The molecule has 0 N–H and O–H groups in total. The highest BCUT2D eigenvalue weighted by Crippen LogP contribution is 2.16. The number of imidazole rings is 1. The van der Waals surface area contributed by atoms with Crippen LogP contribution >= 0.6 is 0 Å². The van der Waals surface area contributed by atoms with E-state index < -0.39 is 4.92 Å². The predicted molar refractivity (Wildman–Crippen MR) is 46.7 cm³/mol. The Morgan fingerprint density at radius 1 is 1.57 bits per heavy atom. The minimum Gasteiger partial charge on any atom is -0.404 e. The molecule has 0 amide bonds. The summed E-state index contributed by atoms with van der Waals surface area (Å²) in [6.45, 7) is 0.452. The van der Waals surface area contributed by atoms with Gasteiger partial charge in [-0.05, 0) is 6.07 Å². The van der Waals surface area contributed by atoms with Crippen LogP contribution in [0.25, 0.3) is 0 Å². The van der Waals surface area contributed by atoms with Gasteiger partial charge in [-0.1, -0.05) is 0 Å². The van der Waals surface area contributed by atoms with Gasteiger partial charge in [-0.25, -0.2) is 4.98 Å². The number of hydrogen-bond acceptors (Lipinski definition) is 4. The van der Waals surface area contributed by atoms with E-state index >= 15 is 0 Å². The molecule has 2 heterocycles. The minimum atomic E-state index is -0.558. The van der Waals surface area contributed by atoms with E-state index in [2.05, 4.69) is 4.98 Å². The number of rotatable bonds is 3. The average Bonchev–Trinajstić information content (AvgIpc) is 2.75. The minimum absolute atomic E-state index is 0.236. The Bertz CT molecular complexity index is 432. The first kappa shape index (κ1) is 8.49. The molecule has 0 aliphatic heterocycles. The molecule has 0 bridgehead atoms. The van der Waals surface area contributed by atoms with Crippen molar-refractivity contribution in [2.45, 2.75) is 6.54 Å². The van der Waals surface area contributed by atoms with Crippen LogP contribution in [-0.2, 0) is 6.54 Å². The fourth-order valence-corrected chi connectivity index (χ4v) is 1.11. The largest absolute Gasteiger partial charge is 0.433 e. The Labute approximate surface area is 78.9 Å². The lowest BCUT2D eigenvalue weighted by molar-refractivity contribution is -0.402. The van der Waals surface area contributed by atoms with E-state index in [4.69, 9.17) is 4.42 Å². The number of furan rings is 1. The fraction of sp³-hybridized carbons (Fsp3) is 0.125. The molecule has 0 aromatic carbocycles. The lowest BCUT2D eigenvalue weighted by Crippen LogP contribution is -1.94. The first-order valence-corrected chi connectivity index (χ1v) is 3.94. The summed E-state index contributed by atoms with van der Waals surface area (Å²) in [4.78, 5) is 13.6. The maximum Gasteiger partial charge on any atom is 0.433 e. The van der Waals surface area contributed by atoms with Crippen LogP contribution in [0.2, 0.25) is 0 Å². The van der Waals surface area contributed by atoms with E-state index in [-0.39, 0.29) is 5.88 Å². The summed E-state index contributed by atoms with van der Waals surface area (Å²) in [5, 5.41) is 10.3. The van der Waals surface area contributed by atoms with Gasteiger partial charge in [0.05, 0.1) is 18.9 Å². The number of nitrogens with zero attached hydrogens (tertiary/aromatic N) is 3. The molecule has 0 aliphatic carbocycles. The van der Waals surface area contributed by atoms with Gasteiger partial charge in [0.25, 0.3) is 0 Å². The summed E-state index contributed by atoms with van der Waals surface area (Å²) in [5.41, 5.74) is 0. The van der Waals surface area contributed by atoms with Gasteiger partial charge in [-0.15, -0.1) is 0 Å². The van der Waals surface area contributed by atoms with Gasteiger partial charge >= 0.3 is 5.88 Å². The molecule has 2 aromatic heterocycles. The third-order valence-electron chi connectivity index (χ3n) is 1.73. The van der Waals surface area contributed by atoms with Crippen LogP contribution in [0.5, 0.6) is 0 Å².